The van der Waals surface area contributed by atoms with Crippen LogP contribution in [0.25, 0.3) is 5.70 Å². The molecule has 1 N–H and O–H groups in total. The number of phenols is 1. The van der Waals surface area contributed by atoms with Crippen molar-refractivity contribution >= 4 is 17.3 Å². The lowest BCUT2D eigenvalue weighted by Crippen LogP contribution is -2.14. The molecular formula is C12H11NO5. The van der Waals surface area contributed by atoms with Gasteiger partial charge in [-0.15, -0.1) is 0 Å². The number of phenolic OH excluding ortho intramolecular Hbond substituents is 1. The monoisotopic (exact) mass is 249 g/mol. The van der Waals surface area contributed by atoms with Gasteiger partial charge >= 0.3 is 0 Å². The maximum Gasteiger partial charge on any atom is 0.290 e. The van der Waals surface area contributed by atoms with Crippen molar-refractivity contribution in [3.8, 4) is 5.75 Å². The van der Waals surface area contributed by atoms with Gasteiger partial charge in [0.15, 0.2) is 11.6 Å². The fourth-order valence-electron chi connectivity index (χ4n) is 1.54. The zero-order chi connectivity index (χ0) is 13.9. The highest BCUT2D eigenvalue weighted by Gasteiger charge is 2.27. The number of carbonyl (C=O) groups is 2. The lowest BCUT2D eigenvalue weighted by Gasteiger charge is -2.03. The van der Waals surface area contributed by atoms with E-state index in [0.29, 0.717) is 0 Å². The Balaban J connectivity index is 3.55. The predicted octanol–water partition coefficient (Wildman–Crippen LogP) is 1.56. The van der Waals surface area contributed by atoms with Gasteiger partial charge in [0, 0.05) is 0 Å². The standard InChI is InChI=1S/C12H11NO5/c1-7(14)11(8(2)15)12(13(17)18)9-3-5-10(16)6-4-9/h3-6,16H,1-2H3. The molecule has 0 heterocycles. The van der Waals surface area contributed by atoms with E-state index in [1.165, 1.54) is 24.3 Å². The van der Waals surface area contributed by atoms with Crippen LogP contribution in [0.3, 0.4) is 0 Å². The minimum absolute atomic E-state index is 0.0614. The van der Waals surface area contributed by atoms with Crippen LogP contribution >= 0.6 is 0 Å². The number of benzene rings is 1. The van der Waals surface area contributed by atoms with Crippen LogP contribution in [0, 0.1) is 10.1 Å². The number of hydrogen-bond acceptors (Lipinski definition) is 5. The maximum atomic E-state index is 11.3. The molecule has 0 amide bonds. The van der Waals surface area contributed by atoms with E-state index in [9.17, 15) is 19.7 Å². The third-order valence-corrected chi connectivity index (χ3v) is 2.26. The summed E-state index contributed by atoms with van der Waals surface area (Å²) in [7, 11) is 0. The van der Waals surface area contributed by atoms with Crippen molar-refractivity contribution in [1.82, 2.24) is 0 Å². The quantitative estimate of drug-likeness (QED) is 0.287. The molecule has 18 heavy (non-hydrogen) atoms. The Bertz CT molecular complexity index is 526. The van der Waals surface area contributed by atoms with Crippen LogP contribution in [0.15, 0.2) is 29.8 Å². The number of allylic oxidation sites excluding steroid dienone is 1. The van der Waals surface area contributed by atoms with Crippen LogP contribution < -0.4 is 0 Å². The molecule has 0 radical (unpaired) electrons. The van der Waals surface area contributed by atoms with Gasteiger partial charge in [0.25, 0.3) is 5.70 Å². The molecule has 0 aliphatic heterocycles. The lowest BCUT2D eigenvalue weighted by molar-refractivity contribution is -0.375. The van der Waals surface area contributed by atoms with Crippen molar-refractivity contribution in [3.63, 3.8) is 0 Å². The fourth-order valence-corrected chi connectivity index (χ4v) is 1.54. The van der Waals surface area contributed by atoms with E-state index in [1.54, 1.807) is 0 Å². The average molecular weight is 249 g/mol. The largest absolute Gasteiger partial charge is 0.508 e. The molecule has 0 saturated heterocycles. The smallest absolute Gasteiger partial charge is 0.290 e. The molecule has 1 aromatic carbocycles. The first-order valence-corrected chi connectivity index (χ1v) is 5.04. The van der Waals surface area contributed by atoms with E-state index in [2.05, 4.69) is 0 Å². The number of nitro groups is 1. The van der Waals surface area contributed by atoms with Gasteiger partial charge in [-0.3, -0.25) is 19.7 Å². The van der Waals surface area contributed by atoms with Gasteiger partial charge in [-0.25, -0.2) is 0 Å². The first-order chi connectivity index (χ1) is 8.34. The van der Waals surface area contributed by atoms with Crippen molar-refractivity contribution in [2.45, 2.75) is 13.8 Å². The summed E-state index contributed by atoms with van der Waals surface area (Å²) in [5.41, 5.74) is -0.904. The van der Waals surface area contributed by atoms with E-state index in [0.717, 1.165) is 13.8 Å². The predicted molar refractivity (Wildman–Crippen MR) is 63.4 cm³/mol. The summed E-state index contributed by atoms with van der Waals surface area (Å²) in [4.78, 5) is 32.9. The van der Waals surface area contributed by atoms with Crippen molar-refractivity contribution in [1.29, 1.82) is 0 Å². The minimum Gasteiger partial charge on any atom is -0.508 e. The maximum absolute atomic E-state index is 11.3. The summed E-state index contributed by atoms with van der Waals surface area (Å²) < 4.78 is 0. The number of hydrogen-bond donors (Lipinski definition) is 1. The van der Waals surface area contributed by atoms with Crippen LogP contribution in [0.4, 0.5) is 0 Å². The number of nitrogens with zero attached hydrogens (tertiary/aromatic N) is 1. The van der Waals surface area contributed by atoms with Gasteiger partial charge in [-0.05, 0) is 38.1 Å². The minimum atomic E-state index is -0.773. The third kappa shape index (κ3) is 2.79. The number of rotatable bonds is 4. The summed E-state index contributed by atoms with van der Waals surface area (Å²) in [5, 5.41) is 20.1. The highest BCUT2D eigenvalue weighted by atomic mass is 16.6. The lowest BCUT2D eigenvalue weighted by atomic mass is 10.0. The molecule has 1 rings (SSSR count). The van der Waals surface area contributed by atoms with E-state index >= 15 is 0 Å². The SMILES string of the molecule is CC(=O)C(C(C)=O)=C(c1ccc(O)cc1)[N+](=O)[O-]. The van der Waals surface area contributed by atoms with E-state index < -0.39 is 27.8 Å². The highest BCUT2D eigenvalue weighted by Crippen LogP contribution is 2.23. The highest BCUT2D eigenvalue weighted by molar-refractivity contribution is 6.22. The Morgan fingerprint density at radius 1 is 1.11 bits per heavy atom. The molecule has 0 fully saturated rings. The second kappa shape index (κ2) is 5.22. The van der Waals surface area contributed by atoms with Gasteiger partial charge in [-0.1, -0.05) is 0 Å². The zero-order valence-corrected chi connectivity index (χ0v) is 9.84. The molecule has 6 heteroatoms. The van der Waals surface area contributed by atoms with Crippen molar-refractivity contribution in [2.24, 2.45) is 0 Å². The Kier molecular flexibility index (Phi) is 3.93. The molecule has 0 saturated carbocycles. The van der Waals surface area contributed by atoms with Gasteiger partial charge in [-0.2, -0.15) is 0 Å². The molecule has 94 valence electrons. The second-order valence-corrected chi connectivity index (χ2v) is 3.64. The van der Waals surface area contributed by atoms with Crippen LogP contribution in [0.5, 0.6) is 5.75 Å². The third-order valence-electron chi connectivity index (χ3n) is 2.26. The molecule has 0 aromatic heterocycles. The Hall–Kier alpha value is -2.50. The van der Waals surface area contributed by atoms with Crippen LogP contribution in [0.1, 0.15) is 19.4 Å². The zero-order valence-electron chi connectivity index (χ0n) is 9.84. The van der Waals surface area contributed by atoms with E-state index in [4.69, 9.17) is 5.11 Å². The first kappa shape index (κ1) is 13.6. The topological polar surface area (TPSA) is 97.5 Å². The average Bonchev–Trinajstić information content (AvgIpc) is 2.25. The molecule has 0 spiro atoms. The first-order valence-electron chi connectivity index (χ1n) is 5.04. The summed E-state index contributed by atoms with van der Waals surface area (Å²) >= 11 is 0. The number of carbonyl (C=O) groups excluding carboxylic acids is 2. The number of ketones is 2. The van der Waals surface area contributed by atoms with Crippen molar-refractivity contribution in [3.05, 3.63) is 45.5 Å². The molecule has 6 nitrogen and oxygen atoms in total. The molecule has 0 aliphatic rings. The fraction of sp³-hybridized carbons (Fsp3) is 0.167. The van der Waals surface area contributed by atoms with Gasteiger partial charge in [0.05, 0.1) is 10.5 Å². The molecule has 0 aliphatic carbocycles. The molecule has 1 aromatic rings. The van der Waals surface area contributed by atoms with Crippen molar-refractivity contribution < 1.29 is 19.6 Å². The van der Waals surface area contributed by atoms with Crippen LogP contribution in [0.2, 0.25) is 0 Å². The van der Waals surface area contributed by atoms with E-state index in [1.807, 2.05) is 0 Å². The molecule has 0 unspecified atom stereocenters. The van der Waals surface area contributed by atoms with Gasteiger partial charge < -0.3 is 5.11 Å². The summed E-state index contributed by atoms with van der Waals surface area (Å²) in [6.07, 6.45) is 0. The van der Waals surface area contributed by atoms with Gasteiger partial charge in [0.1, 0.15) is 11.3 Å². The Morgan fingerprint density at radius 2 is 1.56 bits per heavy atom. The summed E-state index contributed by atoms with van der Waals surface area (Å²) in [6.45, 7) is 2.20. The number of aromatic hydroxyl groups is 1. The van der Waals surface area contributed by atoms with Gasteiger partial charge in [0.2, 0.25) is 0 Å². The van der Waals surface area contributed by atoms with E-state index in [-0.39, 0.29) is 11.3 Å². The van der Waals surface area contributed by atoms with Crippen LogP contribution in [-0.4, -0.2) is 21.6 Å². The Morgan fingerprint density at radius 3 is 1.89 bits per heavy atom. The second-order valence-electron chi connectivity index (χ2n) is 3.64. The summed E-state index contributed by atoms with van der Waals surface area (Å²) in [5.74, 6) is -1.39. The summed E-state index contributed by atoms with van der Waals surface area (Å²) in [6, 6.07) is 5.05. The normalized spacial score (nSPS) is 9.67. The number of Topliss-reactive ketones (excluding diaryl/α,β-unsaturated/α-hetero) is 2. The van der Waals surface area contributed by atoms with Crippen LogP contribution in [-0.2, 0) is 9.59 Å². The molecule has 0 atom stereocenters. The Labute approximate surface area is 103 Å². The van der Waals surface area contributed by atoms with Crippen molar-refractivity contribution in [2.75, 3.05) is 0 Å². The molecular weight excluding hydrogens is 238 g/mol. The molecule has 0 bridgehead atoms.